The number of carbonyl (C=O) groups is 1. The average molecular weight is 514 g/mol. The monoisotopic (exact) mass is 514 g/mol. The van der Waals surface area contributed by atoms with Gasteiger partial charge in [0.2, 0.25) is 0 Å². The Labute approximate surface area is 179 Å². The van der Waals surface area contributed by atoms with E-state index in [0.29, 0.717) is 24.5 Å². The Hall–Kier alpha value is -1.81. The molecule has 150 valence electrons. The van der Waals surface area contributed by atoms with Crippen molar-refractivity contribution in [3.8, 4) is 5.75 Å². The van der Waals surface area contributed by atoms with Gasteiger partial charge in [0.1, 0.15) is 5.75 Å². The van der Waals surface area contributed by atoms with E-state index >= 15 is 0 Å². The normalized spacial score (nSPS) is 14.6. The lowest BCUT2D eigenvalue weighted by atomic mass is 10.1. The third-order valence-corrected chi connectivity index (χ3v) is 6.82. The van der Waals surface area contributed by atoms with E-state index in [4.69, 9.17) is 4.74 Å². The zero-order valence-electron chi connectivity index (χ0n) is 15.9. The van der Waals surface area contributed by atoms with Crippen LogP contribution in [0, 0.1) is 10.5 Å². The lowest BCUT2D eigenvalue weighted by Gasteiger charge is -2.27. The molecular formula is C20H23IN2O4S. The molecule has 1 fully saturated rings. The molecule has 0 atom stereocenters. The molecule has 2 aromatic rings. The van der Waals surface area contributed by atoms with Crippen molar-refractivity contribution in [1.82, 2.24) is 4.90 Å². The first-order valence-corrected chi connectivity index (χ1v) is 11.6. The third kappa shape index (κ3) is 4.60. The van der Waals surface area contributed by atoms with Gasteiger partial charge in [-0.25, -0.2) is 8.42 Å². The molecule has 1 N–H and O–H groups in total. The van der Waals surface area contributed by atoms with Crippen LogP contribution in [0.3, 0.4) is 0 Å². The lowest BCUT2D eigenvalue weighted by molar-refractivity contribution is 0.0720. The van der Waals surface area contributed by atoms with Gasteiger partial charge in [0.05, 0.1) is 23.3 Å². The molecule has 3 rings (SSSR count). The fourth-order valence-corrected chi connectivity index (χ4v) is 5.04. The van der Waals surface area contributed by atoms with Crippen LogP contribution >= 0.6 is 22.6 Å². The highest BCUT2D eigenvalue weighted by Gasteiger charge is 2.24. The number of hydrogen-bond acceptors (Lipinski definition) is 4. The number of benzene rings is 2. The van der Waals surface area contributed by atoms with E-state index in [9.17, 15) is 13.2 Å². The summed E-state index contributed by atoms with van der Waals surface area (Å²) >= 11 is 2.18. The van der Waals surface area contributed by atoms with E-state index in [2.05, 4.69) is 27.3 Å². The first-order chi connectivity index (χ1) is 13.3. The number of sulfonamides is 1. The number of amides is 1. The van der Waals surface area contributed by atoms with E-state index in [-0.39, 0.29) is 16.4 Å². The van der Waals surface area contributed by atoms with Crippen LogP contribution < -0.4 is 9.46 Å². The highest BCUT2D eigenvalue weighted by Crippen LogP contribution is 2.27. The molecule has 2 aromatic carbocycles. The van der Waals surface area contributed by atoms with Crippen LogP contribution in [0.4, 0.5) is 5.69 Å². The number of anilines is 1. The van der Waals surface area contributed by atoms with Crippen LogP contribution in [0.1, 0.15) is 35.2 Å². The van der Waals surface area contributed by atoms with Gasteiger partial charge < -0.3 is 9.64 Å². The molecule has 0 saturated carbocycles. The topological polar surface area (TPSA) is 75.7 Å². The number of nitrogens with zero attached hydrogens (tertiary/aromatic N) is 1. The lowest BCUT2D eigenvalue weighted by Crippen LogP contribution is -2.35. The van der Waals surface area contributed by atoms with E-state index < -0.39 is 10.0 Å². The molecule has 1 saturated heterocycles. The minimum atomic E-state index is -3.84. The van der Waals surface area contributed by atoms with E-state index in [1.807, 2.05) is 19.1 Å². The number of hydrogen-bond donors (Lipinski definition) is 1. The van der Waals surface area contributed by atoms with E-state index in [1.165, 1.54) is 25.3 Å². The van der Waals surface area contributed by atoms with Gasteiger partial charge in [0, 0.05) is 16.7 Å². The molecule has 1 aliphatic heterocycles. The fraction of sp³-hybridized carbons (Fsp3) is 0.350. The maximum absolute atomic E-state index is 12.9. The van der Waals surface area contributed by atoms with Crippen molar-refractivity contribution in [1.29, 1.82) is 0 Å². The predicted octanol–water partition coefficient (Wildman–Crippen LogP) is 4.04. The average Bonchev–Trinajstić information content (AvgIpc) is 2.69. The third-order valence-electron chi connectivity index (χ3n) is 4.79. The molecule has 0 aliphatic carbocycles. The number of likely N-dealkylation sites (tertiary alicyclic amines) is 1. The standard InChI is InChI=1S/C20H23IN2O4S/c1-14-12-15(21)6-8-18(14)22-28(25,26)16-7-9-19(27-2)17(13-16)20(24)23-10-4-3-5-11-23/h6-9,12-13,22H,3-5,10-11H2,1-2H3. The number of piperidine rings is 1. The van der Waals surface area contributed by atoms with E-state index in [0.717, 1.165) is 28.4 Å². The molecule has 0 radical (unpaired) electrons. The van der Waals surface area contributed by atoms with Crippen molar-refractivity contribution in [2.75, 3.05) is 24.9 Å². The summed E-state index contributed by atoms with van der Waals surface area (Å²) in [7, 11) is -2.36. The molecule has 28 heavy (non-hydrogen) atoms. The Morgan fingerprint density at radius 2 is 1.82 bits per heavy atom. The number of nitrogens with one attached hydrogen (secondary N) is 1. The summed E-state index contributed by atoms with van der Waals surface area (Å²) in [5, 5.41) is 0. The van der Waals surface area contributed by atoms with Gasteiger partial charge in [-0.3, -0.25) is 9.52 Å². The Morgan fingerprint density at radius 1 is 1.11 bits per heavy atom. The second-order valence-electron chi connectivity index (χ2n) is 6.78. The number of rotatable bonds is 5. The largest absolute Gasteiger partial charge is 0.496 e. The highest BCUT2D eigenvalue weighted by atomic mass is 127. The number of halogens is 1. The van der Waals surface area contributed by atoms with Gasteiger partial charge in [0.15, 0.2) is 0 Å². The quantitative estimate of drug-likeness (QED) is 0.612. The van der Waals surface area contributed by atoms with E-state index in [1.54, 1.807) is 11.0 Å². The number of ether oxygens (including phenoxy) is 1. The summed E-state index contributed by atoms with van der Waals surface area (Å²) in [5.41, 5.74) is 1.61. The predicted molar refractivity (Wildman–Crippen MR) is 117 cm³/mol. The summed E-state index contributed by atoms with van der Waals surface area (Å²) in [5.74, 6) is 0.180. The zero-order chi connectivity index (χ0) is 20.3. The van der Waals surface area contributed by atoms with Crippen molar-refractivity contribution < 1.29 is 17.9 Å². The Morgan fingerprint density at radius 3 is 2.46 bits per heavy atom. The van der Waals surface area contributed by atoms with Gasteiger partial charge in [-0.1, -0.05) is 0 Å². The second-order valence-corrected chi connectivity index (χ2v) is 9.71. The molecule has 6 nitrogen and oxygen atoms in total. The van der Waals surface area contributed by atoms with Gasteiger partial charge in [-0.15, -0.1) is 0 Å². The molecule has 0 aromatic heterocycles. The summed E-state index contributed by atoms with van der Waals surface area (Å²) in [6.07, 6.45) is 3.02. The smallest absolute Gasteiger partial charge is 0.261 e. The number of methoxy groups -OCH3 is 1. The molecule has 0 bridgehead atoms. The van der Waals surface area contributed by atoms with Crippen LogP contribution in [0.25, 0.3) is 0 Å². The summed E-state index contributed by atoms with van der Waals surface area (Å²) < 4.78 is 34.8. The number of carbonyl (C=O) groups excluding carboxylic acids is 1. The fourth-order valence-electron chi connectivity index (χ4n) is 3.23. The molecule has 1 aliphatic rings. The van der Waals surface area contributed by atoms with Crippen molar-refractivity contribution in [3.63, 3.8) is 0 Å². The van der Waals surface area contributed by atoms with Gasteiger partial charge in [0.25, 0.3) is 15.9 Å². The van der Waals surface area contributed by atoms with Crippen LogP contribution in [-0.4, -0.2) is 39.4 Å². The number of aryl methyl sites for hydroxylation is 1. The van der Waals surface area contributed by atoms with Gasteiger partial charge >= 0.3 is 0 Å². The molecular weight excluding hydrogens is 491 g/mol. The van der Waals surface area contributed by atoms with Crippen LogP contribution in [-0.2, 0) is 10.0 Å². The second kappa shape index (κ2) is 8.69. The Bertz CT molecular complexity index is 986. The maximum Gasteiger partial charge on any atom is 0.261 e. The molecule has 1 amide bonds. The van der Waals surface area contributed by atoms with Gasteiger partial charge in [-0.05, 0) is 90.7 Å². The zero-order valence-corrected chi connectivity index (χ0v) is 18.8. The molecule has 0 spiro atoms. The summed E-state index contributed by atoms with van der Waals surface area (Å²) in [6.45, 7) is 3.21. The minimum absolute atomic E-state index is 0.0339. The maximum atomic E-state index is 12.9. The van der Waals surface area contributed by atoms with Crippen molar-refractivity contribution >= 4 is 44.2 Å². The van der Waals surface area contributed by atoms with Crippen molar-refractivity contribution in [2.24, 2.45) is 0 Å². The van der Waals surface area contributed by atoms with Crippen LogP contribution in [0.15, 0.2) is 41.3 Å². The van der Waals surface area contributed by atoms with Gasteiger partial charge in [-0.2, -0.15) is 0 Å². The first kappa shape index (κ1) is 20.9. The highest BCUT2D eigenvalue weighted by molar-refractivity contribution is 14.1. The summed E-state index contributed by atoms with van der Waals surface area (Å²) in [4.78, 5) is 14.7. The Balaban J connectivity index is 1.94. The van der Waals surface area contributed by atoms with Crippen molar-refractivity contribution in [2.45, 2.75) is 31.1 Å². The summed E-state index contributed by atoms with van der Waals surface area (Å²) in [6, 6.07) is 9.86. The van der Waals surface area contributed by atoms with Crippen molar-refractivity contribution in [3.05, 3.63) is 51.1 Å². The van der Waals surface area contributed by atoms with Crippen LogP contribution in [0.2, 0.25) is 0 Å². The molecule has 1 heterocycles. The SMILES string of the molecule is COc1ccc(S(=O)(=O)Nc2ccc(I)cc2C)cc1C(=O)N1CCCCC1. The molecule has 0 unspecified atom stereocenters. The Kier molecular flexibility index (Phi) is 6.49. The minimum Gasteiger partial charge on any atom is -0.496 e. The first-order valence-electron chi connectivity index (χ1n) is 9.08. The molecule has 8 heteroatoms. The van der Waals surface area contributed by atoms with Crippen LogP contribution in [0.5, 0.6) is 5.75 Å².